The van der Waals surface area contributed by atoms with E-state index in [0.29, 0.717) is 6.42 Å². The number of aromatic nitrogens is 1. The van der Waals surface area contributed by atoms with Crippen LogP contribution in [0, 0.1) is 18.3 Å². The lowest BCUT2D eigenvalue weighted by Gasteiger charge is -2.02. The first-order chi connectivity index (χ1) is 8.79. The van der Waals surface area contributed by atoms with E-state index in [1.807, 2.05) is 0 Å². The maximum atomic E-state index is 8.62. The van der Waals surface area contributed by atoms with Gasteiger partial charge in [-0.3, -0.25) is 0 Å². The highest BCUT2D eigenvalue weighted by Crippen LogP contribution is 2.40. The van der Waals surface area contributed by atoms with Gasteiger partial charge in [-0.1, -0.05) is 12.1 Å². The molecule has 1 aliphatic rings. The average Bonchev–Trinajstić information content (AvgIpc) is 2.91. The highest BCUT2D eigenvalue weighted by Gasteiger charge is 2.20. The number of fused-ring (bicyclic) bond motifs is 3. The number of benzene rings is 1. The number of nitriles is 1. The largest absolute Gasteiger partial charge is 0.241 e. The highest BCUT2D eigenvalue weighted by molar-refractivity contribution is 7.18. The Morgan fingerprint density at radius 2 is 2.33 bits per heavy atom. The van der Waals surface area contributed by atoms with E-state index in [9.17, 15) is 0 Å². The molecule has 1 aromatic carbocycles. The summed E-state index contributed by atoms with van der Waals surface area (Å²) in [7, 11) is 0. The van der Waals surface area contributed by atoms with Crippen LogP contribution < -0.4 is 0 Å². The monoisotopic (exact) mass is 254 g/mol. The number of unbranched alkanes of at least 4 members (excludes halogenated alkanes) is 1. The second-order valence-corrected chi connectivity index (χ2v) is 5.81. The third-order valence-corrected chi connectivity index (χ3v) is 4.39. The van der Waals surface area contributed by atoms with Gasteiger partial charge in [0, 0.05) is 12.0 Å². The van der Waals surface area contributed by atoms with Gasteiger partial charge in [-0.2, -0.15) is 5.26 Å². The number of hydrogen-bond acceptors (Lipinski definition) is 3. The number of hydrogen-bond donors (Lipinski definition) is 0. The summed E-state index contributed by atoms with van der Waals surface area (Å²) in [6.45, 7) is 2.06. The van der Waals surface area contributed by atoms with E-state index in [1.165, 1.54) is 21.4 Å². The summed E-state index contributed by atoms with van der Waals surface area (Å²) >= 11 is 1.78. The molecule has 0 unspecified atom stereocenters. The molecular weight excluding hydrogens is 240 g/mol. The number of thiazole rings is 1. The van der Waals surface area contributed by atoms with Crippen LogP contribution in [0.15, 0.2) is 18.2 Å². The third-order valence-electron chi connectivity index (χ3n) is 3.38. The number of allylic oxidation sites excluding steroid dienone is 2. The topological polar surface area (TPSA) is 36.7 Å². The van der Waals surface area contributed by atoms with Crippen LogP contribution in [0.4, 0.5) is 0 Å². The minimum Gasteiger partial charge on any atom is -0.241 e. The first-order valence-electron chi connectivity index (χ1n) is 6.25. The Morgan fingerprint density at radius 1 is 1.44 bits per heavy atom. The first-order valence-corrected chi connectivity index (χ1v) is 7.06. The molecule has 18 heavy (non-hydrogen) atoms. The molecule has 0 aliphatic heterocycles. The maximum absolute atomic E-state index is 8.62. The zero-order valence-electron chi connectivity index (χ0n) is 10.4. The van der Waals surface area contributed by atoms with Gasteiger partial charge in [-0.25, -0.2) is 4.98 Å². The molecule has 0 saturated heterocycles. The van der Waals surface area contributed by atoms with Crippen molar-refractivity contribution in [2.45, 2.75) is 32.6 Å². The van der Waals surface area contributed by atoms with Crippen molar-refractivity contribution < 1.29 is 0 Å². The van der Waals surface area contributed by atoms with E-state index in [-0.39, 0.29) is 0 Å². The molecule has 2 aromatic rings. The lowest BCUT2D eigenvalue weighted by molar-refractivity contribution is 1.04. The van der Waals surface area contributed by atoms with E-state index in [1.54, 1.807) is 11.3 Å². The summed E-state index contributed by atoms with van der Waals surface area (Å²) in [5.74, 6) is 0. The van der Waals surface area contributed by atoms with Crippen LogP contribution in [-0.4, -0.2) is 4.98 Å². The summed E-state index contributed by atoms with van der Waals surface area (Å²) in [4.78, 5) is 4.56. The molecule has 90 valence electrons. The quantitative estimate of drug-likeness (QED) is 0.752. The van der Waals surface area contributed by atoms with Crippen LogP contribution in [0.2, 0.25) is 0 Å². The fourth-order valence-electron chi connectivity index (χ4n) is 2.61. The molecule has 2 nitrogen and oxygen atoms in total. The lowest BCUT2D eigenvalue weighted by Crippen LogP contribution is -1.82. The second-order valence-electron chi connectivity index (χ2n) is 4.61. The van der Waals surface area contributed by atoms with Gasteiger partial charge in [0.2, 0.25) is 0 Å². The molecule has 1 aliphatic carbocycles. The van der Waals surface area contributed by atoms with Crippen LogP contribution in [0.5, 0.6) is 0 Å². The summed E-state index contributed by atoms with van der Waals surface area (Å²) in [6.07, 6.45) is 5.94. The Balaban J connectivity index is 2.11. The third kappa shape index (κ3) is 1.83. The van der Waals surface area contributed by atoms with Gasteiger partial charge in [0.1, 0.15) is 0 Å². The van der Waals surface area contributed by atoms with Crippen LogP contribution in [0.3, 0.4) is 0 Å². The van der Waals surface area contributed by atoms with Gasteiger partial charge in [-0.05, 0) is 43.4 Å². The van der Waals surface area contributed by atoms with E-state index in [4.69, 9.17) is 5.26 Å². The molecule has 0 atom stereocenters. The van der Waals surface area contributed by atoms with Crippen molar-refractivity contribution in [1.82, 2.24) is 4.98 Å². The van der Waals surface area contributed by atoms with E-state index < -0.39 is 0 Å². The fraction of sp³-hybridized carbons (Fsp3) is 0.333. The molecule has 0 saturated carbocycles. The highest BCUT2D eigenvalue weighted by atomic mass is 32.1. The Hall–Kier alpha value is -1.66. The van der Waals surface area contributed by atoms with E-state index >= 15 is 0 Å². The SMILES string of the molecule is Cc1nc2ccc3c(c2s1)/C(=C/CCC#N)CC3. The summed E-state index contributed by atoms with van der Waals surface area (Å²) in [6, 6.07) is 6.55. The number of nitrogens with zero attached hydrogens (tertiary/aromatic N) is 2. The normalized spacial score (nSPS) is 16.1. The zero-order chi connectivity index (χ0) is 12.5. The minimum absolute atomic E-state index is 0.608. The molecule has 3 heteroatoms. The van der Waals surface area contributed by atoms with Crippen LogP contribution in [-0.2, 0) is 6.42 Å². The first kappa shape index (κ1) is 11.4. The summed E-state index contributed by atoms with van der Waals surface area (Å²) < 4.78 is 1.32. The van der Waals surface area contributed by atoms with Crippen molar-refractivity contribution in [3.63, 3.8) is 0 Å². The predicted molar refractivity (Wildman–Crippen MR) is 75.5 cm³/mol. The minimum atomic E-state index is 0.608. The molecule has 0 amide bonds. The summed E-state index contributed by atoms with van der Waals surface area (Å²) in [5.41, 5.74) is 5.37. The van der Waals surface area contributed by atoms with Gasteiger partial charge in [-0.15, -0.1) is 11.3 Å². The Bertz CT molecular complexity index is 674. The fourth-order valence-corrected chi connectivity index (χ4v) is 3.64. The lowest BCUT2D eigenvalue weighted by atomic mass is 10.1. The number of aryl methyl sites for hydroxylation is 2. The maximum Gasteiger partial charge on any atom is 0.0907 e. The average molecular weight is 254 g/mol. The summed E-state index contributed by atoms with van der Waals surface area (Å²) in [5, 5.41) is 9.75. The molecule has 0 fully saturated rings. The van der Waals surface area contributed by atoms with E-state index in [2.05, 4.69) is 36.2 Å². The molecule has 1 aromatic heterocycles. The molecule has 0 N–H and O–H groups in total. The Labute approximate surface area is 111 Å². The molecular formula is C15H14N2S. The Kier molecular flexibility index (Phi) is 2.89. The molecule has 0 radical (unpaired) electrons. The Morgan fingerprint density at radius 3 is 3.17 bits per heavy atom. The van der Waals surface area contributed by atoms with E-state index in [0.717, 1.165) is 29.8 Å². The van der Waals surface area contributed by atoms with Crippen LogP contribution in [0.1, 0.15) is 35.4 Å². The van der Waals surface area contributed by atoms with Gasteiger partial charge in [0.05, 0.1) is 21.3 Å². The molecule has 1 heterocycles. The zero-order valence-corrected chi connectivity index (χ0v) is 11.2. The van der Waals surface area contributed by atoms with Crippen molar-refractivity contribution in [2.75, 3.05) is 0 Å². The van der Waals surface area contributed by atoms with Crippen molar-refractivity contribution in [3.05, 3.63) is 34.3 Å². The second kappa shape index (κ2) is 4.55. The molecule has 3 rings (SSSR count). The molecule has 0 bridgehead atoms. The standard InChI is InChI=1S/C15H14N2S/c1-10-17-13-8-7-12-6-5-11(4-2-3-9-16)14(12)15(13)18-10/h4,7-8H,2-3,5-6H2,1H3/b11-4+. The molecule has 0 spiro atoms. The van der Waals surface area contributed by atoms with Gasteiger partial charge >= 0.3 is 0 Å². The van der Waals surface area contributed by atoms with Crippen molar-refractivity contribution in [2.24, 2.45) is 0 Å². The van der Waals surface area contributed by atoms with Gasteiger partial charge in [0.25, 0.3) is 0 Å². The number of rotatable bonds is 2. The van der Waals surface area contributed by atoms with Crippen LogP contribution in [0.25, 0.3) is 15.8 Å². The predicted octanol–water partition coefficient (Wildman–Crippen LogP) is 4.24. The smallest absolute Gasteiger partial charge is 0.0907 e. The van der Waals surface area contributed by atoms with Gasteiger partial charge in [0.15, 0.2) is 0 Å². The van der Waals surface area contributed by atoms with Crippen LogP contribution >= 0.6 is 11.3 Å². The van der Waals surface area contributed by atoms with Crippen molar-refractivity contribution in [1.29, 1.82) is 5.26 Å². The van der Waals surface area contributed by atoms with Crippen molar-refractivity contribution in [3.8, 4) is 6.07 Å². The van der Waals surface area contributed by atoms with Gasteiger partial charge < -0.3 is 0 Å². The van der Waals surface area contributed by atoms with Crippen molar-refractivity contribution >= 4 is 27.1 Å².